The van der Waals surface area contributed by atoms with E-state index in [1.807, 2.05) is 24.3 Å². The van der Waals surface area contributed by atoms with Gasteiger partial charge in [0.2, 0.25) is 0 Å². The quantitative estimate of drug-likeness (QED) is 0.319. The van der Waals surface area contributed by atoms with Crippen molar-refractivity contribution in [3.63, 3.8) is 0 Å². The highest BCUT2D eigenvalue weighted by Gasteiger charge is 2.09. The van der Waals surface area contributed by atoms with Gasteiger partial charge in [0.1, 0.15) is 12.4 Å². The van der Waals surface area contributed by atoms with Crippen molar-refractivity contribution in [3.8, 4) is 5.75 Å². The molecule has 0 aliphatic rings. The molecule has 0 aliphatic heterocycles. The second-order valence-corrected chi connectivity index (χ2v) is 8.74. The molecule has 1 aromatic heterocycles. The van der Waals surface area contributed by atoms with E-state index >= 15 is 0 Å². The molecule has 0 aliphatic carbocycles. The lowest BCUT2D eigenvalue weighted by Crippen LogP contribution is -2.09. The third-order valence-electron chi connectivity index (χ3n) is 4.70. The lowest BCUT2D eigenvalue weighted by atomic mass is 10.2. The molecule has 4 nitrogen and oxygen atoms in total. The molecule has 0 bridgehead atoms. The number of nitrogens with two attached hydrogens (primary N) is 1. The maximum atomic E-state index is 6.00. The molecule has 0 spiro atoms. The van der Waals surface area contributed by atoms with E-state index in [-0.39, 0.29) is 0 Å². The Hall–Kier alpha value is -2.92. The third-order valence-corrected chi connectivity index (χ3v) is 5.50. The number of hydrogen-bond acceptors (Lipinski definition) is 3. The number of nitrogens with zero attached hydrogens (tertiary/aromatic N) is 2. The van der Waals surface area contributed by atoms with Crippen LogP contribution in [0.3, 0.4) is 0 Å². The minimum atomic E-state index is 0.419. The van der Waals surface area contributed by atoms with Gasteiger partial charge in [-0.25, -0.2) is 4.99 Å². The van der Waals surface area contributed by atoms with Gasteiger partial charge in [0.05, 0.1) is 12.2 Å². The smallest absolute Gasteiger partial charge is 0.159 e. The van der Waals surface area contributed by atoms with Crippen molar-refractivity contribution in [3.05, 3.63) is 72.8 Å². The first-order chi connectivity index (χ1) is 14.1. The number of para-hydroxylation sites is 2. The van der Waals surface area contributed by atoms with E-state index in [4.69, 9.17) is 10.5 Å². The maximum absolute atomic E-state index is 6.00. The van der Waals surface area contributed by atoms with Crippen molar-refractivity contribution in [1.82, 2.24) is 4.57 Å². The van der Waals surface area contributed by atoms with Crippen LogP contribution >= 0.6 is 11.8 Å². The predicted octanol–water partition coefficient (Wildman–Crippen LogP) is 5.96. The van der Waals surface area contributed by atoms with Crippen molar-refractivity contribution in [2.75, 3.05) is 6.61 Å². The van der Waals surface area contributed by atoms with E-state index in [1.165, 1.54) is 21.8 Å². The fraction of sp³-hybridized carbons (Fsp3) is 0.208. The SMILES string of the molecule is CC(C)SC(N)=Nc1ccc(OCCn2c3ccccc3c3ccccc32)cc1. The molecule has 3 aromatic carbocycles. The number of hydrogen-bond donors (Lipinski definition) is 1. The summed E-state index contributed by atoms with van der Waals surface area (Å²) in [4.78, 5) is 4.43. The number of rotatable bonds is 6. The molecule has 2 N–H and O–H groups in total. The van der Waals surface area contributed by atoms with E-state index in [0.29, 0.717) is 17.0 Å². The van der Waals surface area contributed by atoms with Gasteiger partial charge in [0, 0.05) is 27.1 Å². The van der Waals surface area contributed by atoms with E-state index in [9.17, 15) is 0 Å². The Morgan fingerprint density at radius 3 is 2.10 bits per heavy atom. The number of amidine groups is 1. The second kappa shape index (κ2) is 8.62. The summed E-state index contributed by atoms with van der Waals surface area (Å²) in [6.07, 6.45) is 0. The fourth-order valence-corrected chi connectivity index (χ4v) is 4.15. The molecule has 5 heteroatoms. The van der Waals surface area contributed by atoms with Crippen LogP contribution in [0.2, 0.25) is 0 Å². The standard InChI is InChI=1S/C24H25N3OS/c1-17(2)29-24(25)26-18-11-13-19(14-12-18)28-16-15-27-22-9-5-3-7-20(22)21-8-4-6-10-23(21)27/h3-14,17H,15-16H2,1-2H3,(H2,25,26). The summed E-state index contributed by atoms with van der Waals surface area (Å²) in [5.41, 5.74) is 9.26. The Morgan fingerprint density at radius 2 is 1.52 bits per heavy atom. The van der Waals surface area contributed by atoms with E-state index in [0.717, 1.165) is 18.0 Å². The summed E-state index contributed by atoms with van der Waals surface area (Å²) in [5, 5.41) is 3.56. The summed E-state index contributed by atoms with van der Waals surface area (Å²) in [6.45, 7) is 5.57. The molecule has 0 radical (unpaired) electrons. The lowest BCUT2D eigenvalue weighted by molar-refractivity contribution is 0.302. The molecule has 0 atom stereocenters. The molecule has 4 aromatic rings. The molecule has 29 heavy (non-hydrogen) atoms. The van der Waals surface area contributed by atoms with Gasteiger partial charge in [0.25, 0.3) is 0 Å². The highest BCUT2D eigenvalue weighted by atomic mass is 32.2. The molecular formula is C24H25N3OS. The molecular weight excluding hydrogens is 378 g/mol. The third kappa shape index (κ3) is 4.40. The van der Waals surface area contributed by atoms with Crippen LogP contribution in [0.4, 0.5) is 5.69 Å². The average molecular weight is 404 g/mol. The van der Waals surface area contributed by atoms with Gasteiger partial charge in [-0.1, -0.05) is 62.0 Å². The highest BCUT2D eigenvalue weighted by molar-refractivity contribution is 8.14. The van der Waals surface area contributed by atoms with Crippen molar-refractivity contribution >= 4 is 44.4 Å². The first kappa shape index (κ1) is 19.4. The minimum Gasteiger partial charge on any atom is -0.492 e. The maximum Gasteiger partial charge on any atom is 0.159 e. The molecule has 0 unspecified atom stereocenters. The zero-order chi connectivity index (χ0) is 20.2. The first-order valence-corrected chi connectivity index (χ1v) is 10.7. The van der Waals surface area contributed by atoms with E-state index < -0.39 is 0 Å². The van der Waals surface area contributed by atoms with Crippen LogP contribution in [0, 0.1) is 0 Å². The Labute approximate surface area is 175 Å². The van der Waals surface area contributed by atoms with Crippen LogP contribution in [0.5, 0.6) is 5.75 Å². The first-order valence-electron chi connectivity index (χ1n) is 9.81. The predicted molar refractivity (Wildman–Crippen MR) is 125 cm³/mol. The van der Waals surface area contributed by atoms with Gasteiger partial charge < -0.3 is 15.0 Å². The number of aliphatic imine (C=N–C) groups is 1. The molecule has 0 saturated heterocycles. The van der Waals surface area contributed by atoms with Gasteiger partial charge in [-0.3, -0.25) is 0 Å². The Bertz CT molecular complexity index is 1090. The van der Waals surface area contributed by atoms with Crippen molar-refractivity contribution in [2.45, 2.75) is 25.6 Å². The van der Waals surface area contributed by atoms with Crippen LogP contribution in [-0.2, 0) is 6.54 Å². The molecule has 0 amide bonds. The number of ether oxygens (including phenoxy) is 1. The summed E-state index contributed by atoms with van der Waals surface area (Å²) >= 11 is 1.56. The average Bonchev–Trinajstić information content (AvgIpc) is 3.03. The topological polar surface area (TPSA) is 52.5 Å². The summed E-state index contributed by atoms with van der Waals surface area (Å²) < 4.78 is 8.32. The van der Waals surface area contributed by atoms with Crippen molar-refractivity contribution in [2.24, 2.45) is 10.7 Å². The Kier molecular flexibility index (Phi) is 5.76. The van der Waals surface area contributed by atoms with Crippen LogP contribution in [0.1, 0.15) is 13.8 Å². The number of thioether (sulfide) groups is 1. The van der Waals surface area contributed by atoms with Gasteiger partial charge in [-0.15, -0.1) is 0 Å². The number of aromatic nitrogens is 1. The van der Waals surface area contributed by atoms with Crippen LogP contribution in [0.15, 0.2) is 77.8 Å². The van der Waals surface area contributed by atoms with Crippen molar-refractivity contribution in [1.29, 1.82) is 0 Å². The second-order valence-electron chi connectivity index (χ2n) is 7.14. The number of benzene rings is 3. The van der Waals surface area contributed by atoms with E-state index in [2.05, 4.69) is 71.9 Å². The molecule has 1 heterocycles. The lowest BCUT2D eigenvalue weighted by Gasteiger charge is -2.10. The fourth-order valence-electron chi connectivity index (χ4n) is 3.51. The highest BCUT2D eigenvalue weighted by Crippen LogP contribution is 2.28. The molecule has 148 valence electrons. The monoisotopic (exact) mass is 403 g/mol. The zero-order valence-electron chi connectivity index (χ0n) is 16.7. The van der Waals surface area contributed by atoms with Gasteiger partial charge in [-0.05, 0) is 36.4 Å². The van der Waals surface area contributed by atoms with Crippen LogP contribution < -0.4 is 10.5 Å². The zero-order valence-corrected chi connectivity index (χ0v) is 17.5. The minimum absolute atomic E-state index is 0.419. The largest absolute Gasteiger partial charge is 0.492 e. The van der Waals surface area contributed by atoms with Gasteiger partial charge >= 0.3 is 0 Å². The van der Waals surface area contributed by atoms with Crippen molar-refractivity contribution < 1.29 is 4.74 Å². The summed E-state index contributed by atoms with van der Waals surface area (Å²) in [6, 6.07) is 24.8. The Morgan fingerprint density at radius 1 is 0.931 bits per heavy atom. The molecule has 0 saturated carbocycles. The normalized spacial score (nSPS) is 12.2. The summed E-state index contributed by atoms with van der Waals surface area (Å²) in [5.74, 6) is 0.833. The number of fused-ring (bicyclic) bond motifs is 3. The van der Waals surface area contributed by atoms with E-state index in [1.54, 1.807) is 11.8 Å². The Balaban J connectivity index is 1.45. The van der Waals surface area contributed by atoms with Gasteiger partial charge in [0.15, 0.2) is 5.17 Å². The summed E-state index contributed by atoms with van der Waals surface area (Å²) in [7, 11) is 0. The van der Waals surface area contributed by atoms with Crippen LogP contribution in [-0.4, -0.2) is 21.6 Å². The van der Waals surface area contributed by atoms with Gasteiger partial charge in [-0.2, -0.15) is 0 Å². The molecule has 4 rings (SSSR count). The van der Waals surface area contributed by atoms with Crippen LogP contribution in [0.25, 0.3) is 21.8 Å². The molecule has 0 fully saturated rings.